The normalized spacial score (nSPS) is 35.5. The number of piperazine rings is 1. The van der Waals surface area contributed by atoms with Gasteiger partial charge in [-0.3, -0.25) is 14.5 Å². The number of fused-ring (bicyclic) bond motifs is 6. The third-order valence-corrected chi connectivity index (χ3v) is 8.68. The number of phenols is 1. The summed E-state index contributed by atoms with van der Waals surface area (Å²) in [5, 5.41) is 21.2. The van der Waals surface area contributed by atoms with E-state index in [0.29, 0.717) is 18.5 Å². The van der Waals surface area contributed by atoms with Crippen LogP contribution in [0.25, 0.3) is 0 Å². The van der Waals surface area contributed by atoms with Crippen molar-refractivity contribution in [3.8, 4) is 5.75 Å². The molecule has 0 spiro atoms. The first kappa shape index (κ1) is 18.1. The molecular weight excluding hydrogens is 396 g/mol. The third-order valence-electron chi connectivity index (χ3n) is 6.31. The second kappa shape index (κ2) is 5.81. The van der Waals surface area contributed by atoms with E-state index in [0.717, 1.165) is 11.1 Å². The number of aromatic hydroxyl groups is 1. The molecule has 3 heterocycles. The van der Waals surface area contributed by atoms with Gasteiger partial charge in [0.25, 0.3) is 11.8 Å². The molecule has 4 atom stereocenters. The van der Waals surface area contributed by atoms with Crippen LogP contribution in [0.5, 0.6) is 5.75 Å². The number of amides is 2. The Morgan fingerprint density at radius 2 is 1.86 bits per heavy atom. The lowest BCUT2D eigenvalue weighted by molar-refractivity contribution is -0.150. The van der Waals surface area contributed by atoms with Gasteiger partial charge >= 0.3 is 0 Å². The summed E-state index contributed by atoms with van der Waals surface area (Å²) in [5.41, 5.74) is 2.11. The van der Waals surface area contributed by atoms with Crippen LogP contribution in [0.4, 0.5) is 5.69 Å². The van der Waals surface area contributed by atoms with Gasteiger partial charge < -0.3 is 15.1 Å². The molecule has 5 rings (SSSR count). The largest absolute Gasteiger partial charge is 0.506 e. The molecule has 2 N–H and O–H groups in total. The van der Waals surface area contributed by atoms with Crippen LogP contribution >= 0.6 is 23.5 Å². The first-order chi connectivity index (χ1) is 13.4. The van der Waals surface area contributed by atoms with E-state index in [9.17, 15) is 19.8 Å². The maximum atomic E-state index is 14.0. The number of thioether (sulfide) groups is 2. The number of carbonyl (C=O) groups is 2. The lowest BCUT2D eigenvalue weighted by Gasteiger charge is -2.52. The summed E-state index contributed by atoms with van der Waals surface area (Å²) in [6, 6.07) is 4.61. The Morgan fingerprint density at radius 1 is 1.11 bits per heavy atom. The Hall–Kier alpha value is -1.90. The number of hydrogen-bond acceptors (Lipinski definition) is 6. The fraction of sp³-hybridized carbons (Fsp3) is 0.400. The van der Waals surface area contributed by atoms with Crippen molar-refractivity contribution in [1.29, 1.82) is 0 Å². The highest BCUT2D eigenvalue weighted by Crippen LogP contribution is 2.59. The Labute approximate surface area is 171 Å². The van der Waals surface area contributed by atoms with Crippen LogP contribution in [-0.2, 0) is 16.0 Å². The molecule has 6 nitrogen and oxygen atoms in total. The summed E-state index contributed by atoms with van der Waals surface area (Å²) in [6.45, 7) is 0. The van der Waals surface area contributed by atoms with E-state index < -0.39 is 21.9 Å². The Kier molecular flexibility index (Phi) is 3.76. The van der Waals surface area contributed by atoms with E-state index in [-0.39, 0.29) is 17.6 Å². The van der Waals surface area contributed by atoms with Gasteiger partial charge in [-0.2, -0.15) is 0 Å². The average molecular weight is 417 g/mol. The van der Waals surface area contributed by atoms with Crippen LogP contribution < -0.4 is 4.90 Å². The highest BCUT2D eigenvalue weighted by atomic mass is 32.2. The molecule has 0 bridgehead atoms. The molecule has 4 unspecified atom stereocenters. The molecule has 1 aromatic rings. The highest BCUT2D eigenvalue weighted by Gasteiger charge is 2.70. The van der Waals surface area contributed by atoms with Gasteiger partial charge in [-0.25, -0.2) is 0 Å². The van der Waals surface area contributed by atoms with E-state index in [1.165, 1.54) is 28.4 Å². The molecular formula is C20H20N2O4S2. The number of benzene rings is 1. The first-order valence-electron chi connectivity index (χ1n) is 9.06. The molecule has 0 saturated carbocycles. The average Bonchev–Trinajstić information content (AvgIpc) is 3.22. The van der Waals surface area contributed by atoms with Gasteiger partial charge in [0.15, 0.2) is 9.74 Å². The van der Waals surface area contributed by atoms with Crippen molar-refractivity contribution >= 4 is 41.0 Å². The number of para-hydroxylation sites is 1. The maximum Gasteiger partial charge on any atom is 0.265 e. The number of hydrogen-bond donors (Lipinski definition) is 2. The lowest BCUT2D eigenvalue weighted by atomic mass is 9.96. The van der Waals surface area contributed by atoms with E-state index in [1.807, 2.05) is 24.7 Å². The third kappa shape index (κ3) is 1.91. The zero-order chi connectivity index (χ0) is 19.8. The molecule has 1 aliphatic carbocycles. The van der Waals surface area contributed by atoms with E-state index in [1.54, 1.807) is 29.2 Å². The second-order valence-electron chi connectivity index (χ2n) is 7.49. The maximum absolute atomic E-state index is 14.0. The molecule has 0 aromatic heterocycles. The van der Waals surface area contributed by atoms with Gasteiger partial charge in [-0.1, -0.05) is 30.4 Å². The van der Waals surface area contributed by atoms with Crippen molar-refractivity contribution in [3.63, 3.8) is 0 Å². The number of aliphatic hydroxyl groups is 1. The first-order valence-corrected chi connectivity index (χ1v) is 11.5. The van der Waals surface area contributed by atoms with Crippen molar-refractivity contribution in [1.82, 2.24) is 4.90 Å². The Morgan fingerprint density at radius 3 is 2.57 bits per heavy atom. The van der Waals surface area contributed by atoms with Gasteiger partial charge in [0.1, 0.15) is 5.75 Å². The fourth-order valence-corrected chi connectivity index (χ4v) is 6.96. The SMILES string of the molecule is CSC12Cc3cccc(O)c3N1C(=O)C1(SC)CC3=CC=CC(O)C3N1C2=O. The number of rotatable bonds is 2. The standard InChI is InChI=1S/C20H20N2O4S2/c1-27-19-9-11-5-3-7-13(23)15(11)21(19)18(26)20(28-2)10-12-6-4-8-14(24)16(12)22(20)17(19)25/h3-8,13,15,23-24H,9-10H2,1-2H3. The van der Waals surface area contributed by atoms with Gasteiger partial charge in [-0.05, 0) is 29.7 Å². The van der Waals surface area contributed by atoms with Crippen molar-refractivity contribution < 1.29 is 19.8 Å². The zero-order valence-corrected chi connectivity index (χ0v) is 17.1. The summed E-state index contributed by atoms with van der Waals surface area (Å²) in [5.74, 6) is -0.389. The van der Waals surface area contributed by atoms with Crippen LogP contribution in [0.3, 0.4) is 0 Å². The molecule has 146 valence electrons. The molecule has 2 amide bonds. The number of carbonyl (C=O) groups excluding carboxylic acids is 2. The van der Waals surface area contributed by atoms with Crippen molar-refractivity contribution in [2.24, 2.45) is 0 Å². The summed E-state index contributed by atoms with van der Waals surface area (Å²) < 4.78 is 0. The van der Waals surface area contributed by atoms with Gasteiger partial charge in [0, 0.05) is 12.8 Å². The minimum atomic E-state index is -1.15. The van der Waals surface area contributed by atoms with Crippen LogP contribution in [0.2, 0.25) is 0 Å². The number of nitrogens with zero attached hydrogens (tertiary/aromatic N) is 2. The summed E-state index contributed by atoms with van der Waals surface area (Å²) >= 11 is 2.64. The number of allylic oxidation sites excluding steroid dienone is 2. The monoisotopic (exact) mass is 416 g/mol. The van der Waals surface area contributed by atoms with Gasteiger partial charge in [-0.15, -0.1) is 23.5 Å². The molecule has 2 fully saturated rings. The molecule has 4 aliphatic rings. The van der Waals surface area contributed by atoms with E-state index >= 15 is 0 Å². The van der Waals surface area contributed by atoms with Crippen LogP contribution in [0, 0.1) is 0 Å². The second-order valence-corrected chi connectivity index (χ2v) is 9.66. The number of aliphatic hydroxyl groups excluding tert-OH is 1. The predicted octanol–water partition coefficient (Wildman–Crippen LogP) is 1.87. The number of anilines is 1. The molecule has 8 heteroatoms. The highest BCUT2D eigenvalue weighted by molar-refractivity contribution is 8.01. The Bertz CT molecular complexity index is 977. The lowest BCUT2D eigenvalue weighted by Crippen LogP contribution is -2.74. The minimum Gasteiger partial charge on any atom is -0.506 e. The number of phenolic OH excluding ortho intramolecular Hbond substituents is 1. The summed E-state index contributed by atoms with van der Waals surface area (Å²) in [4.78, 5) is 28.8. The molecule has 1 aromatic carbocycles. The van der Waals surface area contributed by atoms with Gasteiger partial charge in [0.05, 0.1) is 17.8 Å². The molecule has 28 heavy (non-hydrogen) atoms. The smallest absolute Gasteiger partial charge is 0.265 e. The van der Waals surface area contributed by atoms with Crippen LogP contribution in [0.15, 0.2) is 42.0 Å². The van der Waals surface area contributed by atoms with Crippen LogP contribution in [0.1, 0.15) is 12.0 Å². The van der Waals surface area contributed by atoms with Crippen molar-refractivity contribution in [2.75, 3.05) is 17.4 Å². The fourth-order valence-electron chi connectivity index (χ4n) is 5.06. The van der Waals surface area contributed by atoms with Crippen LogP contribution in [-0.4, -0.2) is 61.3 Å². The van der Waals surface area contributed by atoms with Gasteiger partial charge in [0.2, 0.25) is 0 Å². The van der Waals surface area contributed by atoms with E-state index in [2.05, 4.69) is 0 Å². The summed E-state index contributed by atoms with van der Waals surface area (Å²) in [7, 11) is 0. The quantitative estimate of drug-likeness (QED) is 0.766. The zero-order valence-electron chi connectivity index (χ0n) is 15.5. The molecule has 3 aliphatic heterocycles. The van der Waals surface area contributed by atoms with Crippen molar-refractivity contribution in [2.45, 2.75) is 34.7 Å². The molecule has 0 radical (unpaired) electrons. The van der Waals surface area contributed by atoms with E-state index in [4.69, 9.17) is 0 Å². The minimum absolute atomic E-state index is 0.00982. The molecule has 2 saturated heterocycles. The Balaban J connectivity index is 1.75. The predicted molar refractivity (Wildman–Crippen MR) is 110 cm³/mol. The topological polar surface area (TPSA) is 81.1 Å². The van der Waals surface area contributed by atoms with Crippen molar-refractivity contribution in [3.05, 3.63) is 47.6 Å². The summed E-state index contributed by atoms with van der Waals surface area (Å²) in [6.07, 6.45) is 8.85.